The molecule has 0 fully saturated rings. The van der Waals surface area contributed by atoms with Crippen molar-refractivity contribution in [1.29, 1.82) is 0 Å². The molecule has 6 nitrogen and oxygen atoms in total. The summed E-state index contributed by atoms with van der Waals surface area (Å²) in [6.45, 7) is -0.283. The van der Waals surface area contributed by atoms with Gasteiger partial charge < -0.3 is 11.5 Å². The first-order chi connectivity index (χ1) is 8.25. The summed E-state index contributed by atoms with van der Waals surface area (Å²) in [5.41, 5.74) is 8.98. The summed E-state index contributed by atoms with van der Waals surface area (Å²) in [5, 5.41) is 0. The predicted octanol–water partition coefficient (Wildman–Crippen LogP) is -0.299. The normalized spacial score (nSPS) is 11.4. The van der Waals surface area contributed by atoms with Gasteiger partial charge in [0, 0.05) is 13.0 Å². The summed E-state index contributed by atoms with van der Waals surface area (Å²) in [6.07, 6.45) is -0.239. The predicted molar refractivity (Wildman–Crippen MR) is 59.8 cm³/mol. The highest BCUT2D eigenvalue weighted by Gasteiger charge is 2.22. The maximum absolute atomic E-state index is 13.5. The van der Waals surface area contributed by atoms with Crippen LogP contribution >= 0.6 is 0 Å². The standard InChI is InChI=1S/C9H11F2N3O3S/c10-5-1-2-6(8(11)9(5)13)18(16,17)14-4-3-7(12)15/h1-2,14H,3-4,13H2,(H2,12,15). The van der Waals surface area contributed by atoms with Gasteiger partial charge in [0.2, 0.25) is 15.9 Å². The molecule has 0 spiro atoms. The number of anilines is 1. The number of amides is 1. The number of hydrogen-bond donors (Lipinski definition) is 3. The molecular formula is C9H11F2N3O3S. The van der Waals surface area contributed by atoms with Gasteiger partial charge in [0.15, 0.2) is 5.82 Å². The fraction of sp³-hybridized carbons (Fsp3) is 0.222. The molecule has 100 valence electrons. The van der Waals surface area contributed by atoms with E-state index in [2.05, 4.69) is 0 Å². The van der Waals surface area contributed by atoms with Gasteiger partial charge in [0.05, 0.1) is 0 Å². The molecule has 1 aromatic carbocycles. The van der Waals surface area contributed by atoms with Gasteiger partial charge in [0.1, 0.15) is 16.4 Å². The van der Waals surface area contributed by atoms with E-state index in [1.807, 2.05) is 4.72 Å². The zero-order valence-corrected chi connectivity index (χ0v) is 9.93. The molecular weight excluding hydrogens is 268 g/mol. The fourth-order valence-corrected chi connectivity index (χ4v) is 2.26. The summed E-state index contributed by atoms with van der Waals surface area (Å²) in [5.74, 6) is -3.14. The zero-order chi connectivity index (χ0) is 13.9. The summed E-state index contributed by atoms with van der Waals surface area (Å²) < 4.78 is 51.5. The lowest BCUT2D eigenvalue weighted by molar-refractivity contribution is -0.117. The van der Waals surface area contributed by atoms with Crippen molar-refractivity contribution in [2.75, 3.05) is 12.3 Å². The molecule has 0 unspecified atom stereocenters. The van der Waals surface area contributed by atoms with Gasteiger partial charge in [-0.2, -0.15) is 0 Å². The second-order valence-electron chi connectivity index (χ2n) is 3.39. The highest BCUT2D eigenvalue weighted by atomic mass is 32.2. The first kappa shape index (κ1) is 14.3. The van der Waals surface area contributed by atoms with E-state index in [4.69, 9.17) is 11.5 Å². The quantitative estimate of drug-likeness (QED) is 0.642. The van der Waals surface area contributed by atoms with E-state index in [1.54, 1.807) is 0 Å². The average molecular weight is 279 g/mol. The SMILES string of the molecule is NC(=O)CCNS(=O)(=O)c1ccc(F)c(N)c1F. The van der Waals surface area contributed by atoms with Crippen LogP contribution in [0, 0.1) is 11.6 Å². The molecule has 5 N–H and O–H groups in total. The lowest BCUT2D eigenvalue weighted by Crippen LogP contribution is -2.28. The van der Waals surface area contributed by atoms with Crippen LogP contribution in [0.1, 0.15) is 6.42 Å². The Hall–Kier alpha value is -1.74. The Balaban J connectivity index is 2.99. The molecule has 0 aliphatic heterocycles. The number of rotatable bonds is 5. The second kappa shape index (κ2) is 5.27. The van der Waals surface area contributed by atoms with Crippen LogP contribution in [0.4, 0.5) is 14.5 Å². The Labute approximate surface area is 102 Å². The highest BCUT2D eigenvalue weighted by Crippen LogP contribution is 2.22. The number of sulfonamides is 1. The Morgan fingerprint density at radius 3 is 2.50 bits per heavy atom. The van der Waals surface area contributed by atoms with E-state index in [9.17, 15) is 22.0 Å². The van der Waals surface area contributed by atoms with Crippen LogP contribution in [0.5, 0.6) is 0 Å². The summed E-state index contributed by atoms with van der Waals surface area (Å²) in [6, 6.07) is 1.48. The number of hydrogen-bond acceptors (Lipinski definition) is 4. The number of halogens is 2. The number of carbonyl (C=O) groups excluding carboxylic acids is 1. The van der Waals surface area contributed by atoms with Gasteiger partial charge in [-0.25, -0.2) is 21.9 Å². The second-order valence-corrected chi connectivity index (χ2v) is 5.12. The summed E-state index contributed by atoms with van der Waals surface area (Å²) in [7, 11) is -4.21. The highest BCUT2D eigenvalue weighted by molar-refractivity contribution is 7.89. The lowest BCUT2D eigenvalue weighted by Gasteiger charge is -2.08. The van der Waals surface area contributed by atoms with Crippen molar-refractivity contribution < 1.29 is 22.0 Å². The number of nitrogens with two attached hydrogens (primary N) is 2. The van der Waals surface area contributed by atoms with Crippen LogP contribution in [0.15, 0.2) is 17.0 Å². The smallest absolute Gasteiger partial charge is 0.243 e. The van der Waals surface area contributed by atoms with Crippen LogP contribution < -0.4 is 16.2 Å². The maximum Gasteiger partial charge on any atom is 0.243 e. The van der Waals surface area contributed by atoms with Gasteiger partial charge >= 0.3 is 0 Å². The molecule has 0 aromatic heterocycles. The van der Waals surface area contributed by atoms with Crippen molar-refractivity contribution in [3.63, 3.8) is 0 Å². The minimum absolute atomic E-state index is 0.239. The molecule has 1 rings (SSSR count). The molecule has 1 aromatic rings. The van der Waals surface area contributed by atoms with Crippen molar-refractivity contribution in [2.24, 2.45) is 5.73 Å². The number of nitrogens with one attached hydrogen (secondary N) is 1. The number of carbonyl (C=O) groups is 1. The largest absolute Gasteiger partial charge is 0.394 e. The van der Waals surface area contributed by atoms with Gasteiger partial charge in [-0.05, 0) is 12.1 Å². The number of benzene rings is 1. The van der Waals surface area contributed by atoms with Crippen molar-refractivity contribution in [1.82, 2.24) is 4.72 Å². The maximum atomic E-state index is 13.5. The van der Waals surface area contributed by atoms with E-state index >= 15 is 0 Å². The molecule has 0 aliphatic rings. The molecule has 0 saturated carbocycles. The molecule has 0 bridgehead atoms. The molecule has 0 saturated heterocycles. The van der Waals surface area contributed by atoms with Crippen LogP contribution in [-0.4, -0.2) is 20.9 Å². The lowest BCUT2D eigenvalue weighted by atomic mass is 10.3. The van der Waals surface area contributed by atoms with Crippen LogP contribution in [0.25, 0.3) is 0 Å². The van der Waals surface area contributed by atoms with E-state index in [0.717, 1.165) is 12.1 Å². The third-order valence-corrected chi connectivity index (χ3v) is 3.52. The van der Waals surface area contributed by atoms with Crippen molar-refractivity contribution in [2.45, 2.75) is 11.3 Å². The molecule has 0 radical (unpaired) electrons. The van der Waals surface area contributed by atoms with E-state index in [-0.39, 0.29) is 13.0 Å². The van der Waals surface area contributed by atoms with E-state index in [1.165, 1.54) is 0 Å². The van der Waals surface area contributed by atoms with E-state index < -0.39 is 38.1 Å². The fourth-order valence-electron chi connectivity index (χ4n) is 1.14. The first-order valence-electron chi connectivity index (χ1n) is 4.77. The molecule has 1 amide bonds. The Kier molecular flexibility index (Phi) is 4.19. The monoisotopic (exact) mass is 279 g/mol. The van der Waals surface area contributed by atoms with Gasteiger partial charge in [0.25, 0.3) is 0 Å². The van der Waals surface area contributed by atoms with Crippen molar-refractivity contribution in [3.8, 4) is 0 Å². The molecule has 0 heterocycles. The molecule has 18 heavy (non-hydrogen) atoms. The minimum atomic E-state index is -4.21. The third kappa shape index (κ3) is 3.14. The van der Waals surface area contributed by atoms with Crippen LogP contribution in [0.2, 0.25) is 0 Å². The van der Waals surface area contributed by atoms with Gasteiger partial charge in [-0.3, -0.25) is 4.79 Å². The van der Waals surface area contributed by atoms with Gasteiger partial charge in [-0.15, -0.1) is 0 Å². The molecule has 0 atom stereocenters. The topological polar surface area (TPSA) is 115 Å². The molecule has 0 aliphatic carbocycles. The first-order valence-corrected chi connectivity index (χ1v) is 6.25. The Bertz CT molecular complexity index is 575. The summed E-state index contributed by atoms with van der Waals surface area (Å²) >= 11 is 0. The van der Waals surface area contributed by atoms with Crippen LogP contribution in [-0.2, 0) is 14.8 Å². The van der Waals surface area contributed by atoms with Crippen molar-refractivity contribution >= 4 is 21.6 Å². The number of nitrogen functional groups attached to an aromatic ring is 1. The number of primary amides is 1. The summed E-state index contributed by atoms with van der Waals surface area (Å²) in [4.78, 5) is 9.64. The van der Waals surface area contributed by atoms with E-state index in [0.29, 0.717) is 0 Å². The third-order valence-electron chi connectivity index (χ3n) is 2.04. The average Bonchev–Trinajstić information content (AvgIpc) is 2.24. The Morgan fingerprint density at radius 1 is 1.33 bits per heavy atom. The van der Waals surface area contributed by atoms with Crippen LogP contribution in [0.3, 0.4) is 0 Å². The van der Waals surface area contributed by atoms with Gasteiger partial charge in [-0.1, -0.05) is 0 Å². The van der Waals surface area contributed by atoms with Crippen molar-refractivity contribution in [3.05, 3.63) is 23.8 Å². The minimum Gasteiger partial charge on any atom is -0.394 e. The Morgan fingerprint density at radius 2 is 1.94 bits per heavy atom. The zero-order valence-electron chi connectivity index (χ0n) is 9.11. The molecule has 9 heteroatoms.